The Labute approximate surface area is 197 Å². The van der Waals surface area contributed by atoms with E-state index >= 15 is 0 Å². The molecule has 7 nitrogen and oxygen atoms in total. The Bertz CT molecular complexity index is 1240. The van der Waals surface area contributed by atoms with Crippen molar-refractivity contribution in [1.82, 2.24) is 20.3 Å². The number of anilines is 2. The summed E-state index contributed by atoms with van der Waals surface area (Å²) in [6.07, 6.45) is 5.15. The number of hydrogen-bond acceptors (Lipinski definition) is 8. The van der Waals surface area contributed by atoms with Crippen LogP contribution >= 0.6 is 11.3 Å². The maximum atomic E-state index is 10.4. The van der Waals surface area contributed by atoms with Crippen molar-refractivity contribution in [2.24, 2.45) is 0 Å². The van der Waals surface area contributed by atoms with Crippen LogP contribution in [0.1, 0.15) is 43.4 Å². The maximum absolute atomic E-state index is 10.4. The molecular weight excluding hydrogens is 432 g/mol. The predicted molar refractivity (Wildman–Crippen MR) is 136 cm³/mol. The van der Waals surface area contributed by atoms with Gasteiger partial charge in [-0.25, -0.2) is 15.0 Å². The number of thiophene rings is 1. The van der Waals surface area contributed by atoms with Crippen molar-refractivity contribution in [1.29, 1.82) is 0 Å². The Morgan fingerprint density at radius 1 is 1.21 bits per heavy atom. The summed E-state index contributed by atoms with van der Waals surface area (Å²) < 4.78 is 0.925. The van der Waals surface area contributed by atoms with E-state index in [1.807, 2.05) is 30.3 Å². The van der Waals surface area contributed by atoms with Crippen molar-refractivity contribution >= 4 is 43.4 Å². The maximum Gasteiger partial charge on any atom is 0.144 e. The van der Waals surface area contributed by atoms with Gasteiger partial charge in [0, 0.05) is 31.1 Å². The molecule has 0 unspecified atom stereocenters. The zero-order valence-corrected chi connectivity index (χ0v) is 19.7. The number of nitrogens with one attached hydrogen (secondary N) is 1. The van der Waals surface area contributed by atoms with Gasteiger partial charge < -0.3 is 21.1 Å². The van der Waals surface area contributed by atoms with Crippen molar-refractivity contribution in [2.45, 2.75) is 44.8 Å². The molecule has 8 heteroatoms. The number of aliphatic hydroxyl groups is 1. The lowest BCUT2D eigenvalue weighted by Gasteiger charge is -2.34. The Kier molecular flexibility index (Phi) is 6.39. The molecule has 33 heavy (non-hydrogen) atoms. The fourth-order valence-corrected chi connectivity index (χ4v) is 5.73. The number of nitrogen functional groups attached to an aromatic ring is 1. The van der Waals surface area contributed by atoms with Crippen LogP contribution in [-0.4, -0.2) is 45.7 Å². The third kappa shape index (κ3) is 4.51. The molecule has 5 rings (SSSR count). The second-order valence-electron chi connectivity index (χ2n) is 8.70. The smallest absolute Gasteiger partial charge is 0.144 e. The molecule has 0 radical (unpaired) electrons. The molecule has 172 valence electrons. The average molecular weight is 463 g/mol. The topological polar surface area (TPSA) is 100 Å². The van der Waals surface area contributed by atoms with Crippen LogP contribution < -0.4 is 16.0 Å². The highest BCUT2D eigenvalue weighted by Gasteiger charge is 2.23. The number of fused-ring (bicyclic) bond motifs is 3. The summed E-state index contributed by atoms with van der Waals surface area (Å²) in [7, 11) is 0. The van der Waals surface area contributed by atoms with E-state index in [-0.39, 0.29) is 0 Å². The summed E-state index contributed by atoms with van der Waals surface area (Å²) >= 11 is 1.59. The van der Waals surface area contributed by atoms with Gasteiger partial charge in [0.1, 0.15) is 22.8 Å². The number of aliphatic hydroxyl groups excluding tert-OH is 1. The van der Waals surface area contributed by atoms with E-state index in [4.69, 9.17) is 10.7 Å². The number of nitrogens with two attached hydrogens (primary N) is 1. The second kappa shape index (κ2) is 9.59. The van der Waals surface area contributed by atoms with Gasteiger partial charge in [0.15, 0.2) is 0 Å². The molecule has 4 N–H and O–H groups in total. The van der Waals surface area contributed by atoms with Crippen molar-refractivity contribution in [3.63, 3.8) is 0 Å². The molecular formula is C25H30N6OS. The van der Waals surface area contributed by atoms with Gasteiger partial charge in [0.2, 0.25) is 0 Å². The first-order chi connectivity index (χ1) is 16.1. The van der Waals surface area contributed by atoms with E-state index in [1.165, 1.54) is 5.56 Å². The Morgan fingerprint density at radius 2 is 2.00 bits per heavy atom. The van der Waals surface area contributed by atoms with Crippen LogP contribution in [0.2, 0.25) is 0 Å². The normalized spacial score (nSPS) is 16.0. The van der Waals surface area contributed by atoms with Crippen LogP contribution in [0, 0.1) is 0 Å². The van der Waals surface area contributed by atoms with E-state index in [9.17, 15) is 5.11 Å². The number of pyridine rings is 1. The lowest BCUT2D eigenvalue weighted by Crippen LogP contribution is -2.44. The third-order valence-electron chi connectivity index (χ3n) is 6.44. The van der Waals surface area contributed by atoms with Crippen molar-refractivity contribution in [2.75, 3.05) is 30.3 Å². The summed E-state index contributed by atoms with van der Waals surface area (Å²) in [5.41, 5.74) is 9.29. The van der Waals surface area contributed by atoms with Gasteiger partial charge in [-0.2, -0.15) is 0 Å². The fraction of sp³-hybridized carbons (Fsp3) is 0.400. The molecule has 0 saturated carbocycles. The SMILES string of the molecule is CCCc1cc(N2CCC(NC[C@@H](O)c3ccccc3)CC2)nc2sc3c(N)ncnc3c12. The summed E-state index contributed by atoms with van der Waals surface area (Å²) in [4.78, 5) is 17.1. The molecule has 4 aromatic rings. The molecule has 1 atom stereocenters. The van der Waals surface area contributed by atoms with E-state index in [0.29, 0.717) is 18.4 Å². The lowest BCUT2D eigenvalue weighted by molar-refractivity contribution is 0.167. The highest BCUT2D eigenvalue weighted by molar-refractivity contribution is 7.26. The van der Waals surface area contributed by atoms with Gasteiger partial charge in [-0.3, -0.25) is 0 Å². The number of piperidine rings is 1. The molecule has 1 aromatic carbocycles. The van der Waals surface area contributed by atoms with Crippen LogP contribution in [0.15, 0.2) is 42.7 Å². The number of hydrogen-bond donors (Lipinski definition) is 3. The second-order valence-corrected chi connectivity index (χ2v) is 9.70. The first-order valence-electron chi connectivity index (χ1n) is 11.7. The quantitative estimate of drug-likeness (QED) is 0.381. The molecule has 0 amide bonds. The molecule has 3 aromatic heterocycles. The summed E-state index contributed by atoms with van der Waals surface area (Å²) in [6.45, 7) is 4.65. The molecule has 0 aliphatic carbocycles. The largest absolute Gasteiger partial charge is 0.387 e. The molecule has 1 aliphatic heterocycles. The Hall–Kier alpha value is -2.81. The monoisotopic (exact) mass is 462 g/mol. The standard InChI is InChI=1S/C25H30N6OS/c1-2-6-17-13-20(30-25-21(17)22-23(33-25)24(26)29-15-28-22)31-11-9-18(10-12-31)27-14-19(32)16-7-4-3-5-8-16/h3-5,7-8,13,15,18-19,27,32H,2,6,9-12,14H2,1H3,(H2,26,28,29)/t19-/m1/s1. The zero-order valence-electron chi connectivity index (χ0n) is 18.9. The highest BCUT2D eigenvalue weighted by atomic mass is 32.1. The van der Waals surface area contributed by atoms with Gasteiger partial charge in [-0.15, -0.1) is 11.3 Å². The van der Waals surface area contributed by atoms with Crippen LogP contribution in [0.3, 0.4) is 0 Å². The van der Waals surface area contributed by atoms with Crippen molar-refractivity contribution in [3.8, 4) is 0 Å². The van der Waals surface area contributed by atoms with Crippen LogP contribution in [-0.2, 0) is 6.42 Å². The molecule has 4 heterocycles. The summed E-state index contributed by atoms with van der Waals surface area (Å²) in [5.74, 6) is 1.56. The minimum absolute atomic E-state index is 0.401. The van der Waals surface area contributed by atoms with Crippen LogP contribution in [0.4, 0.5) is 11.6 Å². The zero-order chi connectivity index (χ0) is 22.8. The van der Waals surface area contributed by atoms with Crippen molar-refractivity contribution < 1.29 is 5.11 Å². The fourth-order valence-electron chi connectivity index (χ4n) is 4.66. The summed E-state index contributed by atoms with van der Waals surface area (Å²) in [6, 6.07) is 12.5. The number of rotatable bonds is 7. The molecule has 1 aliphatic rings. The Balaban J connectivity index is 1.30. The van der Waals surface area contributed by atoms with Gasteiger partial charge >= 0.3 is 0 Å². The number of aromatic nitrogens is 3. The minimum Gasteiger partial charge on any atom is -0.387 e. The lowest BCUT2D eigenvalue weighted by atomic mass is 10.0. The predicted octanol–water partition coefficient (Wildman–Crippen LogP) is 4.07. The van der Waals surface area contributed by atoms with Gasteiger partial charge in [-0.05, 0) is 36.5 Å². The van der Waals surface area contributed by atoms with E-state index in [2.05, 4.69) is 33.2 Å². The van der Waals surface area contributed by atoms with Crippen molar-refractivity contribution in [3.05, 3.63) is 53.9 Å². The third-order valence-corrected chi connectivity index (χ3v) is 7.54. The molecule has 0 bridgehead atoms. The van der Waals surface area contributed by atoms with Gasteiger partial charge in [-0.1, -0.05) is 43.7 Å². The first-order valence-corrected chi connectivity index (χ1v) is 12.5. The van der Waals surface area contributed by atoms with E-state index in [0.717, 1.165) is 70.6 Å². The van der Waals surface area contributed by atoms with Gasteiger partial charge in [0.05, 0.1) is 16.3 Å². The molecule has 1 fully saturated rings. The Morgan fingerprint density at radius 3 is 2.76 bits per heavy atom. The minimum atomic E-state index is -0.478. The van der Waals surface area contributed by atoms with Crippen LogP contribution in [0.5, 0.6) is 0 Å². The number of nitrogens with zero attached hydrogens (tertiary/aromatic N) is 4. The van der Waals surface area contributed by atoms with E-state index < -0.39 is 6.10 Å². The number of aryl methyl sites for hydroxylation is 1. The van der Waals surface area contributed by atoms with E-state index in [1.54, 1.807) is 17.7 Å². The highest BCUT2D eigenvalue weighted by Crippen LogP contribution is 2.38. The first kappa shape index (κ1) is 22.0. The number of benzene rings is 1. The average Bonchev–Trinajstić information content (AvgIpc) is 3.24. The van der Waals surface area contributed by atoms with Gasteiger partial charge in [0.25, 0.3) is 0 Å². The molecule has 0 spiro atoms. The van der Waals surface area contributed by atoms with Crippen LogP contribution in [0.25, 0.3) is 20.4 Å². The molecule has 1 saturated heterocycles. The summed E-state index contributed by atoms with van der Waals surface area (Å²) in [5, 5.41) is 15.1.